The van der Waals surface area contributed by atoms with Crippen molar-refractivity contribution < 1.29 is 14.3 Å². The maximum Gasteiger partial charge on any atom is 0.317 e. The molecule has 2 amide bonds. The van der Waals surface area contributed by atoms with Gasteiger partial charge in [-0.3, -0.25) is 0 Å². The summed E-state index contributed by atoms with van der Waals surface area (Å²) in [4.78, 5) is 18.3. The number of hydrogen-bond acceptors (Lipinski definition) is 4. The Morgan fingerprint density at radius 2 is 2.08 bits per heavy atom. The van der Waals surface area contributed by atoms with Crippen molar-refractivity contribution in [2.45, 2.75) is 26.0 Å². The lowest BCUT2D eigenvalue weighted by molar-refractivity contribution is 0.183. The van der Waals surface area contributed by atoms with Crippen molar-refractivity contribution in [2.24, 2.45) is 0 Å². The van der Waals surface area contributed by atoms with Gasteiger partial charge in [0.05, 0.1) is 13.7 Å². The zero-order chi connectivity index (χ0) is 17.6. The van der Waals surface area contributed by atoms with E-state index in [1.165, 1.54) is 0 Å². The topological polar surface area (TPSA) is 63.7 Å². The largest absolute Gasteiger partial charge is 0.497 e. The van der Waals surface area contributed by atoms with Crippen molar-refractivity contribution in [3.8, 4) is 11.6 Å². The number of hydrogen-bond donors (Lipinski definition) is 1. The average Bonchev–Trinajstić information content (AvgIpc) is 3.10. The van der Waals surface area contributed by atoms with E-state index in [-0.39, 0.29) is 12.1 Å². The van der Waals surface area contributed by atoms with Crippen LogP contribution in [-0.4, -0.2) is 42.2 Å². The normalized spacial score (nSPS) is 16.6. The number of methoxy groups -OCH3 is 1. The van der Waals surface area contributed by atoms with Crippen LogP contribution in [0.5, 0.6) is 11.6 Å². The summed E-state index contributed by atoms with van der Waals surface area (Å²) < 4.78 is 11.0. The quantitative estimate of drug-likeness (QED) is 0.908. The van der Waals surface area contributed by atoms with Gasteiger partial charge in [-0.15, -0.1) is 0 Å². The molecule has 6 heteroatoms. The molecule has 3 rings (SSSR count). The van der Waals surface area contributed by atoms with Gasteiger partial charge in [0.25, 0.3) is 0 Å². The fraction of sp³-hybridized carbons (Fsp3) is 0.368. The average molecular weight is 341 g/mol. The summed E-state index contributed by atoms with van der Waals surface area (Å²) in [5.74, 6) is 1.41. The molecule has 0 spiro atoms. The molecule has 132 valence electrons. The molecule has 1 N–H and O–H groups in total. The van der Waals surface area contributed by atoms with E-state index in [4.69, 9.17) is 9.47 Å². The van der Waals surface area contributed by atoms with Crippen molar-refractivity contribution in [2.75, 3.05) is 20.2 Å². The van der Waals surface area contributed by atoms with Crippen LogP contribution in [0.4, 0.5) is 4.79 Å². The zero-order valence-electron chi connectivity index (χ0n) is 14.6. The molecule has 2 aromatic rings. The third kappa shape index (κ3) is 4.62. The van der Waals surface area contributed by atoms with E-state index >= 15 is 0 Å². The molecule has 0 aliphatic carbocycles. The van der Waals surface area contributed by atoms with Crippen molar-refractivity contribution in [1.29, 1.82) is 0 Å². The van der Waals surface area contributed by atoms with Crippen molar-refractivity contribution in [1.82, 2.24) is 15.2 Å². The predicted molar refractivity (Wildman–Crippen MR) is 94.8 cm³/mol. The minimum absolute atomic E-state index is 0.0121. The first-order valence-electron chi connectivity index (χ1n) is 8.39. The summed E-state index contributed by atoms with van der Waals surface area (Å²) in [6, 6.07) is 11.4. The van der Waals surface area contributed by atoms with Crippen LogP contribution < -0.4 is 14.8 Å². The maximum absolute atomic E-state index is 12.3. The fourth-order valence-electron chi connectivity index (χ4n) is 2.74. The standard InChI is InChI=1S/C19H23N3O3/c1-14-3-8-18(20-11-14)25-17-9-10-22(13-17)19(23)21-12-15-4-6-16(24-2)7-5-15/h3-8,11,17H,9-10,12-13H2,1-2H3,(H,21,23). The lowest BCUT2D eigenvalue weighted by Crippen LogP contribution is -2.39. The van der Waals surface area contributed by atoms with Crippen LogP contribution in [0.1, 0.15) is 17.5 Å². The fourth-order valence-corrected chi connectivity index (χ4v) is 2.74. The number of pyridine rings is 1. The van der Waals surface area contributed by atoms with Crippen molar-refractivity contribution >= 4 is 6.03 Å². The molecule has 1 fully saturated rings. The summed E-state index contributed by atoms with van der Waals surface area (Å²) in [7, 11) is 1.63. The summed E-state index contributed by atoms with van der Waals surface area (Å²) in [6.45, 7) is 3.74. The van der Waals surface area contributed by atoms with E-state index in [9.17, 15) is 4.79 Å². The lowest BCUT2D eigenvalue weighted by Gasteiger charge is -2.18. The molecular formula is C19H23N3O3. The van der Waals surface area contributed by atoms with Crippen LogP contribution in [0, 0.1) is 6.92 Å². The highest BCUT2D eigenvalue weighted by Gasteiger charge is 2.27. The molecule has 1 atom stereocenters. The Kier molecular flexibility index (Phi) is 5.38. The smallest absolute Gasteiger partial charge is 0.317 e. The van der Waals surface area contributed by atoms with Crippen molar-refractivity contribution in [3.63, 3.8) is 0 Å². The Balaban J connectivity index is 1.46. The summed E-state index contributed by atoms with van der Waals surface area (Å²) in [5, 5.41) is 2.95. The molecule has 6 nitrogen and oxygen atoms in total. The van der Waals surface area contributed by atoms with Crippen LogP contribution in [0.25, 0.3) is 0 Å². The molecule has 25 heavy (non-hydrogen) atoms. The van der Waals surface area contributed by atoms with Crippen LogP contribution in [0.3, 0.4) is 0 Å². The van der Waals surface area contributed by atoms with Gasteiger partial charge < -0.3 is 19.7 Å². The van der Waals surface area contributed by atoms with Gasteiger partial charge in [-0.05, 0) is 30.2 Å². The second kappa shape index (κ2) is 7.88. The van der Waals surface area contributed by atoms with Gasteiger partial charge in [-0.25, -0.2) is 9.78 Å². The monoisotopic (exact) mass is 341 g/mol. The molecule has 1 saturated heterocycles. The number of benzene rings is 1. The Labute approximate surface area is 147 Å². The molecule has 1 aromatic carbocycles. The number of rotatable bonds is 5. The predicted octanol–water partition coefficient (Wildman–Crippen LogP) is 2.76. The van der Waals surface area contributed by atoms with Gasteiger partial charge >= 0.3 is 6.03 Å². The Morgan fingerprint density at radius 1 is 1.28 bits per heavy atom. The molecular weight excluding hydrogens is 318 g/mol. The summed E-state index contributed by atoms with van der Waals surface area (Å²) >= 11 is 0. The van der Waals surface area contributed by atoms with Crippen molar-refractivity contribution in [3.05, 3.63) is 53.7 Å². The van der Waals surface area contributed by atoms with Crippen LogP contribution >= 0.6 is 0 Å². The van der Waals surface area contributed by atoms with Gasteiger partial charge in [0.1, 0.15) is 11.9 Å². The molecule has 1 aliphatic rings. The third-order valence-electron chi connectivity index (χ3n) is 4.21. The Bertz CT molecular complexity index is 701. The summed E-state index contributed by atoms with van der Waals surface area (Å²) in [5.41, 5.74) is 2.13. The minimum Gasteiger partial charge on any atom is -0.497 e. The number of likely N-dealkylation sites (tertiary alicyclic amines) is 1. The highest BCUT2D eigenvalue weighted by Crippen LogP contribution is 2.17. The van der Waals surface area contributed by atoms with Gasteiger partial charge in [0.15, 0.2) is 0 Å². The van der Waals surface area contributed by atoms with Gasteiger partial charge in [0.2, 0.25) is 5.88 Å². The number of carbonyl (C=O) groups excluding carboxylic acids is 1. The molecule has 2 heterocycles. The van der Waals surface area contributed by atoms with Crippen LogP contribution in [0.15, 0.2) is 42.6 Å². The zero-order valence-corrected chi connectivity index (χ0v) is 14.6. The highest BCUT2D eigenvalue weighted by atomic mass is 16.5. The second-order valence-corrected chi connectivity index (χ2v) is 6.16. The van der Waals surface area contributed by atoms with E-state index in [1.54, 1.807) is 18.2 Å². The van der Waals surface area contributed by atoms with E-state index in [1.807, 2.05) is 43.3 Å². The molecule has 0 bridgehead atoms. The number of carbonyl (C=O) groups is 1. The number of ether oxygens (including phenoxy) is 2. The van der Waals surface area contributed by atoms with E-state index in [2.05, 4.69) is 10.3 Å². The highest BCUT2D eigenvalue weighted by molar-refractivity contribution is 5.74. The number of nitrogens with zero attached hydrogens (tertiary/aromatic N) is 2. The Hall–Kier alpha value is -2.76. The summed E-state index contributed by atoms with van der Waals surface area (Å²) in [6.07, 6.45) is 2.58. The molecule has 1 aromatic heterocycles. The number of aryl methyl sites for hydroxylation is 1. The third-order valence-corrected chi connectivity index (χ3v) is 4.21. The number of amides is 2. The van der Waals surface area contributed by atoms with E-state index < -0.39 is 0 Å². The second-order valence-electron chi connectivity index (χ2n) is 6.16. The van der Waals surface area contributed by atoms with E-state index in [0.717, 1.165) is 23.3 Å². The molecule has 1 aliphatic heterocycles. The first-order valence-corrected chi connectivity index (χ1v) is 8.39. The van der Waals surface area contributed by atoms with Crippen LogP contribution in [-0.2, 0) is 6.54 Å². The lowest BCUT2D eigenvalue weighted by atomic mass is 10.2. The maximum atomic E-state index is 12.3. The van der Waals surface area contributed by atoms with Gasteiger partial charge in [-0.2, -0.15) is 0 Å². The number of aromatic nitrogens is 1. The van der Waals surface area contributed by atoms with Crippen LogP contribution in [0.2, 0.25) is 0 Å². The van der Waals surface area contributed by atoms with Gasteiger partial charge in [0, 0.05) is 31.8 Å². The SMILES string of the molecule is COc1ccc(CNC(=O)N2CCC(Oc3ccc(C)cn3)C2)cc1. The molecule has 0 radical (unpaired) electrons. The first kappa shape index (κ1) is 17.1. The Morgan fingerprint density at radius 3 is 2.76 bits per heavy atom. The first-order chi connectivity index (χ1) is 12.1. The minimum atomic E-state index is -0.0706. The number of nitrogens with one attached hydrogen (secondary N) is 1. The molecule has 0 saturated carbocycles. The number of urea groups is 1. The van der Waals surface area contributed by atoms with Gasteiger partial charge in [-0.1, -0.05) is 18.2 Å². The molecule has 1 unspecified atom stereocenters. The van der Waals surface area contributed by atoms with E-state index in [0.29, 0.717) is 25.5 Å².